The van der Waals surface area contributed by atoms with E-state index in [1.807, 2.05) is 31.1 Å². The molecule has 0 saturated carbocycles. The van der Waals surface area contributed by atoms with Crippen LogP contribution in [0.25, 0.3) is 0 Å². The quantitative estimate of drug-likeness (QED) is 0.285. The van der Waals surface area contributed by atoms with E-state index < -0.39 is 4.92 Å². The molecule has 0 unspecified atom stereocenters. The van der Waals surface area contributed by atoms with Crippen LogP contribution in [0, 0.1) is 15.3 Å². The van der Waals surface area contributed by atoms with Crippen LogP contribution in [0.15, 0.2) is 48.5 Å². The van der Waals surface area contributed by atoms with E-state index in [1.54, 1.807) is 24.3 Å². The summed E-state index contributed by atoms with van der Waals surface area (Å²) < 4.78 is 0.627. The van der Waals surface area contributed by atoms with E-state index in [-0.39, 0.29) is 11.3 Å². The highest BCUT2D eigenvalue weighted by molar-refractivity contribution is 5.82. The molecule has 0 fully saturated rings. The average molecular weight is 285 g/mol. The molecule has 0 aliphatic carbocycles. The summed E-state index contributed by atoms with van der Waals surface area (Å²) >= 11 is 0. The van der Waals surface area contributed by atoms with Crippen LogP contribution in [0.5, 0.6) is 0 Å². The fraction of sp³-hybridized carbons (Fsp3) is 0.133. The molecule has 108 valence electrons. The first-order chi connectivity index (χ1) is 9.99. The maximum Gasteiger partial charge on any atom is 0.282 e. The normalized spacial score (nSPS) is 11.2. The number of hydrogen-bond donors (Lipinski definition) is 0. The Bertz CT molecular complexity index is 679. The molecule has 21 heavy (non-hydrogen) atoms. The molecule has 0 radical (unpaired) electrons. The van der Waals surface area contributed by atoms with Gasteiger partial charge in [0.15, 0.2) is 6.21 Å². The van der Waals surface area contributed by atoms with Crippen LogP contribution < -0.4 is 4.90 Å². The van der Waals surface area contributed by atoms with Gasteiger partial charge in [0, 0.05) is 38.0 Å². The molecule has 0 atom stereocenters. The van der Waals surface area contributed by atoms with Crippen molar-refractivity contribution in [2.45, 2.75) is 0 Å². The molecule has 2 aromatic rings. The standard InChI is InChI=1S/C15H15N3O3/c1-16(2)13-7-9-14(10-8-13)17(19)11-12-5-3-4-6-15(12)18(20)21/h3-11H,1-2H3/b17-11-. The van der Waals surface area contributed by atoms with Crippen LogP contribution >= 0.6 is 0 Å². The van der Waals surface area contributed by atoms with Crippen LogP contribution in [0.1, 0.15) is 5.56 Å². The molecular formula is C15H15N3O3. The number of hydrogen-bond acceptors (Lipinski definition) is 4. The van der Waals surface area contributed by atoms with Gasteiger partial charge in [-0.25, -0.2) is 0 Å². The van der Waals surface area contributed by atoms with Crippen molar-refractivity contribution < 1.29 is 9.66 Å². The second kappa shape index (κ2) is 6.04. The van der Waals surface area contributed by atoms with Gasteiger partial charge in [0.05, 0.1) is 4.92 Å². The van der Waals surface area contributed by atoms with Gasteiger partial charge in [0.2, 0.25) is 5.69 Å². The first kappa shape index (κ1) is 14.5. The zero-order valence-corrected chi connectivity index (χ0v) is 11.8. The van der Waals surface area contributed by atoms with Crippen molar-refractivity contribution in [1.82, 2.24) is 0 Å². The summed E-state index contributed by atoms with van der Waals surface area (Å²) in [5.74, 6) is 0. The second-order valence-corrected chi connectivity index (χ2v) is 4.68. The van der Waals surface area contributed by atoms with Gasteiger partial charge in [-0.1, -0.05) is 12.1 Å². The van der Waals surface area contributed by atoms with Gasteiger partial charge < -0.3 is 10.1 Å². The Labute approximate surface area is 122 Å². The fourth-order valence-electron chi connectivity index (χ4n) is 1.86. The molecule has 6 nitrogen and oxygen atoms in total. The molecule has 0 spiro atoms. The Morgan fingerprint density at radius 2 is 1.62 bits per heavy atom. The highest BCUT2D eigenvalue weighted by atomic mass is 16.6. The summed E-state index contributed by atoms with van der Waals surface area (Å²) in [7, 11) is 3.81. The summed E-state index contributed by atoms with van der Waals surface area (Å²) in [6.45, 7) is 0. The van der Waals surface area contributed by atoms with Gasteiger partial charge in [0.25, 0.3) is 5.69 Å². The molecule has 0 aliphatic rings. The summed E-state index contributed by atoms with van der Waals surface area (Å²) in [4.78, 5) is 12.3. The summed E-state index contributed by atoms with van der Waals surface area (Å²) in [6, 6.07) is 13.1. The lowest BCUT2D eigenvalue weighted by atomic mass is 10.2. The molecule has 0 N–H and O–H groups in total. The third-order valence-corrected chi connectivity index (χ3v) is 3.01. The van der Waals surface area contributed by atoms with Gasteiger partial charge in [-0.2, -0.15) is 4.74 Å². The third-order valence-electron chi connectivity index (χ3n) is 3.01. The van der Waals surface area contributed by atoms with Crippen molar-refractivity contribution in [2.75, 3.05) is 19.0 Å². The van der Waals surface area contributed by atoms with Crippen molar-refractivity contribution in [1.29, 1.82) is 0 Å². The number of anilines is 1. The molecular weight excluding hydrogens is 270 g/mol. The van der Waals surface area contributed by atoms with E-state index in [2.05, 4.69) is 0 Å². The SMILES string of the molecule is CN(C)c1ccc(/[N+]([O-])=C/c2ccccc2[N+](=O)[O-])cc1. The summed E-state index contributed by atoms with van der Waals surface area (Å²) in [5.41, 5.74) is 1.56. The predicted octanol–water partition coefficient (Wildman–Crippen LogP) is 2.92. The van der Waals surface area contributed by atoms with E-state index in [4.69, 9.17) is 0 Å². The minimum atomic E-state index is -0.505. The van der Waals surface area contributed by atoms with E-state index in [0.717, 1.165) is 5.69 Å². The Hall–Kier alpha value is -2.89. The van der Waals surface area contributed by atoms with Crippen LogP contribution in [0.2, 0.25) is 0 Å². The fourth-order valence-corrected chi connectivity index (χ4v) is 1.86. The second-order valence-electron chi connectivity index (χ2n) is 4.68. The highest BCUT2D eigenvalue weighted by Gasteiger charge is 2.14. The molecule has 6 heteroatoms. The maximum absolute atomic E-state index is 12.1. The van der Waals surface area contributed by atoms with Crippen LogP contribution in [-0.4, -0.2) is 30.0 Å². The molecule has 0 amide bonds. The minimum absolute atomic E-state index is 0.0942. The molecule has 0 bridgehead atoms. The van der Waals surface area contributed by atoms with Gasteiger partial charge in [-0.3, -0.25) is 10.1 Å². The largest absolute Gasteiger partial charge is 0.618 e. The Kier molecular flexibility index (Phi) is 4.18. The predicted molar refractivity (Wildman–Crippen MR) is 82.3 cm³/mol. The zero-order chi connectivity index (χ0) is 15.4. The van der Waals surface area contributed by atoms with E-state index in [1.165, 1.54) is 18.3 Å². The monoisotopic (exact) mass is 285 g/mol. The van der Waals surface area contributed by atoms with Gasteiger partial charge >= 0.3 is 0 Å². The number of nitro benzene ring substituents is 1. The van der Waals surface area contributed by atoms with Crippen molar-refractivity contribution in [2.24, 2.45) is 0 Å². The van der Waals surface area contributed by atoms with E-state index in [9.17, 15) is 15.3 Å². The molecule has 0 aliphatic heterocycles. The lowest BCUT2D eigenvalue weighted by molar-refractivity contribution is -0.386. The number of rotatable bonds is 4. The lowest BCUT2D eigenvalue weighted by Crippen LogP contribution is -2.08. The number of para-hydroxylation sites is 1. The smallest absolute Gasteiger partial charge is 0.282 e. The summed E-state index contributed by atoms with van der Waals surface area (Å²) in [5, 5.41) is 23.0. The Balaban J connectivity index is 2.35. The van der Waals surface area contributed by atoms with Crippen molar-refractivity contribution in [3.8, 4) is 0 Å². The van der Waals surface area contributed by atoms with Crippen LogP contribution in [0.4, 0.5) is 17.1 Å². The molecule has 0 aromatic heterocycles. The van der Waals surface area contributed by atoms with Crippen molar-refractivity contribution >= 4 is 23.3 Å². The van der Waals surface area contributed by atoms with Gasteiger partial charge in [-0.05, 0) is 18.2 Å². The lowest BCUT2D eigenvalue weighted by Gasteiger charge is -2.12. The van der Waals surface area contributed by atoms with Crippen molar-refractivity contribution in [3.63, 3.8) is 0 Å². The number of nitrogens with zero attached hydrogens (tertiary/aromatic N) is 3. The van der Waals surface area contributed by atoms with Crippen LogP contribution in [-0.2, 0) is 0 Å². The summed E-state index contributed by atoms with van der Waals surface area (Å²) in [6.07, 6.45) is 1.21. The van der Waals surface area contributed by atoms with Crippen molar-refractivity contribution in [3.05, 3.63) is 69.4 Å². The van der Waals surface area contributed by atoms with Crippen LogP contribution in [0.3, 0.4) is 0 Å². The zero-order valence-electron chi connectivity index (χ0n) is 11.8. The average Bonchev–Trinajstić information content (AvgIpc) is 2.47. The molecule has 0 saturated heterocycles. The molecule has 2 aromatic carbocycles. The van der Waals surface area contributed by atoms with Gasteiger partial charge in [0.1, 0.15) is 5.56 Å². The topological polar surface area (TPSA) is 72.5 Å². The molecule has 0 heterocycles. The first-order valence-corrected chi connectivity index (χ1v) is 6.31. The molecule has 2 rings (SSSR count). The van der Waals surface area contributed by atoms with E-state index in [0.29, 0.717) is 10.4 Å². The first-order valence-electron chi connectivity index (χ1n) is 6.31. The maximum atomic E-state index is 12.1. The Morgan fingerprint density at radius 3 is 2.19 bits per heavy atom. The third kappa shape index (κ3) is 3.36. The highest BCUT2D eigenvalue weighted by Crippen LogP contribution is 2.19. The minimum Gasteiger partial charge on any atom is -0.618 e. The number of nitro groups is 1. The Morgan fingerprint density at radius 1 is 1.00 bits per heavy atom. The number of benzene rings is 2. The van der Waals surface area contributed by atoms with E-state index >= 15 is 0 Å². The van der Waals surface area contributed by atoms with Gasteiger partial charge in [-0.15, -0.1) is 0 Å².